The molecule has 0 radical (unpaired) electrons. The Bertz CT molecular complexity index is 649. The number of hydrogen-bond acceptors (Lipinski definition) is 4. The smallest absolute Gasteiger partial charge is 0.373 e. The summed E-state index contributed by atoms with van der Waals surface area (Å²) in [7, 11) is 0. The van der Waals surface area contributed by atoms with Crippen molar-refractivity contribution in [2.45, 2.75) is 18.7 Å². The Labute approximate surface area is 131 Å². The SMILES string of the molecule is FC(F)(F)c1ccnc(NC[C@H]2CCO[C@@H]2c2ccccc2)n1. The van der Waals surface area contributed by atoms with Gasteiger partial charge in [0.2, 0.25) is 5.95 Å². The van der Waals surface area contributed by atoms with E-state index in [1.807, 2.05) is 30.3 Å². The monoisotopic (exact) mass is 323 g/mol. The van der Waals surface area contributed by atoms with E-state index in [2.05, 4.69) is 15.3 Å². The minimum absolute atomic E-state index is 0.0152. The minimum Gasteiger partial charge on any atom is -0.373 e. The molecule has 122 valence electrons. The van der Waals surface area contributed by atoms with Crippen LogP contribution in [0.1, 0.15) is 23.8 Å². The highest BCUT2D eigenvalue weighted by Gasteiger charge is 2.33. The van der Waals surface area contributed by atoms with Gasteiger partial charge in [-0.3, -0.25) is 0 Å². The lowest BCUT2D eigenvalue weighted by Gasteiger charge is -2.19. The summed E-state index contributed by atoms with van der Waals surface area (Å²) in [6, 6.07) is 10.7. The molecule has 4 nitrogen and oxygen atoms in total. The van der Waals surface area contributed by atoms with Crippen molar-refractivity contribution in [3.05, 3.63) is 53.9 Å². The average molecular weight is 323 g/mol. The molecular formula is C16H16F3N3O. The number of rotatable bonds is 4. The van der Waals surface area contributed by atoms with Crippen molar-refractivity contribution < 1.29 is 17.9 Å². The fourth-order valence-electron chi connectivity index (χ4n) is 2.68. The summed E-state index contributed by atoms with van der Waals surface area (Å²) in [6.07, 6.45) is -2.58. The molecule has 1 aliphatic heterocycles. The Balaban J connectivity index is 1.66. The van der Waals surface area contributed by atoms with E-state index in [1.165, 1.54) is 0 Å². The van der Waals surface area contributed by atoms with Crippen LogP contribution in [0.4, 0.5) is 19.1 Å². The maximum absolute atomic E-state index is 12.7. The number of anilines is 1. The third-order valence-corrected chi connectivity index (χ3v) is 3.81. The molecule has 2 heterocycles. The molecule has 2 aromatic rings. The third-order valence-electron chi connectivity index (χ3n) is 3.81. The van der Waals surface area contributed by atoms with Gasteiger partial charge in [-0.1, -0.05) is 30.3 Å². The summed E-state index contributed by atoms with van der Waals surface area (Å²) in [5.74, 6) is 0.147. The zero-order chi connectivity index (χ0) is 16.3. The molecule has 1 aromatic heterocycles. The lowest BCUT2D eigenvalue weighted by Crippen LogP contribution is -2.20. The van der Waals surface area contributed by atoms with Crippen molar-refractivity contribution in [1.29, 1.82) is 0 Å². The maximum atomic E-state index is 12.7. The molecular weight excluding hydrogens is 307 g/mol. The van der Waals surface area contributed by atoms with E-state index in [-0.39, 0.29) is 18.0 Å². The van der Waals surface area contributed by atoms with Crippen molar-refractivity contribution in [3.8, 4) is 0 Å². The van der Waals surface area contributed by atoms with Gasteiger partial charge in [0, 0.05) is 25.3 Å². The second-order valence-electron chi connectivity index (χ2n) is 5.39. The van der Waals surface area contributed by atoms with Crippen LogP contribution >= 0.6 is 0 Å². The molecule has 0 aliphatic carbocycles. The summed E-state index contributed by atoms with van der Waals surface area (Å²) in [4.78, 5) is 7.36. The molecule has 0 unspecified atom stereocenters. The highest BCUT2D eigenvalue weighted by molar-refractivity contribution is 5.27. The summed E-state index contributed by atoms with van der Waals surface area (Å²) in [5.41, 5.74) is 0.124. The minimum atomic E-state index is -4.47. The van der Waals surface area contributed by atoms with Crippen LogP contribution in [0.5, 0.6) is 0 Å². The molecule has 3 rings (SSSR count). The first-order chi connectivity index (χ1) is 11.0. The number of nitrogens with one attached hydrogen (secondary N) is 1. The van der Waals surface area contributed by atoms with E-state index in [4.69, 9.17) is 4.74 Å². The van der Waals surface area contributed by atoms with E-state index >= 15 is 0 Å². The summed E-state index contributed by atoms with van der Waals surface area (Å²) < 4.78 is 43.7. The number of benzene rings is 1. The molecule has 1 saturated heterocycles. The fourth-order valence-corrected chi connectivity index (χ4v) is 2.68. The molecule has 1 N–H and O–H groups in total. The van der Waals surface area contributed by atoms with Gasteiger partial charge in [0.1, 0.15) is 5.69 Å². The van der Waals surface area contributed by atoms with E-state index in [9.17, 15) is 13.2 Å². The average Bonchev–Trinajstić information content (AvgIpc) is 3.02. The Kier molecular flexibility index (Phi) is 4.47. The Morgan fingerprint density at radius 3 is 2.70 bits per heavy atom. The predicted molar refractivity (Wildman–Crippen MR) is 78.8 cm³/mol. The molecule has 0 spiro atoms. The third kappa shape index (κ3) is 3.79. The molecule has 1 aromatic carbocycles. The van der Waals surface area contributed by atoms with Crippen molar-refractivity contribution in [2.24, 2.45) is 5.92 Å². The predicted octanol–water partition coefficient (Wildman–Crippen LogP) is 3.69. The number of ether oxygens (including phenoxy) is 1. The summed E-state index contributed by atoms with van der Waals surface area (Å²) >= 11 is 0. The van der Waals surface area contributed by atoms with Crippen LogP contribution in [-0.4, -0.2) is 23.1 Å². The molecule has 0 saturated carbocycles. The molecule has 23 heavy (non-hydrogen) atoms. The topological polar surface area (TPSA) is 47.0 Å². The number of aromatic nitrogens is 2. The van der Waals surface area contributed by atoms with Gasteiger partial charge < -0.3 is 10.1 Å². The zero-order valence-electron chi connectivity index (χ0n) is 12.3. The first-order valence-corrected chi connectivity index (χ1v) is 7.35. The van der Waals surface area contributed by atoms with Gasteiger partial charge in [0.05, 0.1) is 6.10 Å². The first-order valence-electron chi connectivity index (χ1n) is 7.35. The lowest BCUT2D eigenvalue weighted by atomic mass is 9.95. The van der Waals surface area contributed by atoms with E-state index in [0.717, 1.165) is 24.2 Å². The van der Waals surface area contributed by atoms with Crippen LogP contribution in [0, 0.1) is 5.92 Å². The van der Waals surface area contributed by atoms with Crippen LogP contribution in [0.15, 0.2) is 42.6 Å². The number of halogens is 3. The van der Waals surface area contributed by atoms with Crippen molar-refractivity contribution in [2.75, 3.05) is 18.5 Å². The highest BCUT2D eigenvalue weighted by atomic mass is 19.4. The Morgan fingerprint density at radius 1 is 1.17 bits per heavy atom. The van der Waals surface area contributed by atoms with Crippen LogP contribution in [0.25, 0.3) is 0 Å². The standard InChI is InChI=1S/C16H16F3N3O/c17-16(18,19)13-6-8-20-15(22-13)21-10-12-7-9-23-14(12)11-4-2-1-3-5-11/h1-6,8,12,14H,7,9-10H2,(H,20,21,22)/t12-,14-/m1/s1. The zero-order valence-corrected chi connectivity index (χ0v) is 12.3. The van der Waals surface area contributed by atoms with Gasteiger partial charge in [-0.05, 0) is 18.1 Å². The van der Waals surface area contributed by atoms with E-state index < -0.39 is 11.9 Å². The molecule has 1 aliphatic rings. The molecule has 2 atom stereocenters. The normalized spacial score (nSPS) is 21.3. The maximum Gasteiger partial charge on any atom is 0.433 e. The van der Waals surface area contributed by atoms with Crippen molar-refractivity contribution in [1.82, 2.24) is 9.97 Å². The van der Waals surface area contributed by atoms with Crippen LogP contribution in [0.2, 0.25) is 0 Å². The fraction of sp³-hybridized carbons (Fsp3) is 0.375. The Hall–Kier alpha value is -2.15. The second-order valence-corrected chi connectivity index (χ2v) is 5.39. The van der Waals surface area contributed by atoms with Crippen LogP contribution < -0.4 is 5.32 Å². The number of nitrogens with zero attached hydrogens (tertiary/aromatic N) is 2. The largest absolute Gasteiger partial charge is 0.433 e. The van der Waals surface area contributed by atoms with E-state index in [1.54, 1.807) is 0 Å². The van der Waals surface area contributed by atoms with Gasteiger partial charge in [-0.2, -0.15) is 13.2 Å². The highest BCUT2D eigenvalue weighted by Crippen LogP contribution is 2.34. The second kappa shape index (κ2) is 6.54. The quantitative estimate of drug-likeness (QED) is 0.932. The first kappa shape index (κ1) is 15.7. The molecule has 7 heteroatoms. The molecule has 0 amide bonds. The van der Waals surface area contributed by atoms with Crippen molar-refractivity contribution >= 4 is 5.95 Å². The van der Waals surface area contributed by atoms with Crippen LogP contribution in [0.3, 0.4) is 0 Å². The molecule has 0 bridgehead atoms. The number of alkyl halides is 3. The molecule has 1 fully saturated rings. The van der Waals surface area contributed by atoms with Crippen molar-refractivity contribution in [3.63, 3.8) is 0 Å². The summed E-state index contributed by atoms with van der Waals surface area (Å²) in [6.45, 7) is 1.09. The van der Waals surface area contributed by atoms with Gasteiger partial charge in [0.25, 0.3) is 0 Å². The van der Waals surface area contributed by atoms with Gasteiger partial charge in [-0.15, -0.1) is 0 Å². The summed E-state index contributed by atoms with van der Waals surface area (Å²) in [5, 5.41) is 2.90. The number of hydrogen-bond donors (Lipinski definition) is 1. The van der Waals surface area contributed by atoms with Gasteiger partial charge in [0.15, 0.2) is 0 Å². The Morgan fingerprint density at radius 2 is 1.96 bits per heavy atom. The van der Waals surface area contributed by atoms with E-state index in [0.29, 0.717) is 13.2 Å². The van der Waals surface area contributed by atoms with Gasteiger partial charge >= 0.3 is 6.18 Å². The lowest BCUT2D eigenvalue weighted by molar-refractivity contribution is -0.141. The van der Waals surface area contributed by atoms with Gasteiger partial charge in [-0.25, -0.2) is 9.97 Å². The van der Waals surface area contributed by atoms with Crippen LogP contribution in [-0.2, 0) is 10.9 Å².